The lowest BCUT2D eigenvalue weighted by Crippen LogP contribution is -2.20. The number of carbonyl (C=O) groups is 2. The first-order valence-electron chi connectivity index (χ1n) is 11.6. The molecular formula is C27H23N7O3. The number of ketones is 2. The predicted octanol–water partition coefficient (Wildman–Crippen LogP) is 4.76. The Hall–Kier alpha value is -4.83. The van der Waals surface area contributed by atoms with E-state index in [9.17, 15) is 9.59 Å². The van der Waals surface area contributed by atoms with E-state index in [0.29, 0.717) is 35.9 Å². The van der Waals surface area contributed by atoms with Crippen molar-refractivity contribution in [2.45, 2.75) is 6.42 Å². The molecule has 0 spiro atoms. The minimum atomic E-state index is -0.282. The SMILES string of the molecule is COCCCNc1nc(-c2ccncc2)nc(N)c1N=Nc1cccc2c1C(=O)c1ccccc1C2=O. The maximum atomic E-state index is 13.3. The van der Waals surface area contributed by atoms with Gasteiger partial charge in [0.25, 0.3) is 0 Å². The standard InChI is InChI=1S/C27H23N7O3/c1-37-15-5-12-30-27-22(25(28)31-26(32-27)16-10-13-29-14-11-16)34-33-20-9-4-8-19-21(20)24(36)18-7-3-2-6-17(18)23(19)35/h2-4,6-11,13-14H,5,12,15H2,1H3,(H3,28,30,31,32). The van der Waals surface area contributed by atoms with Crippen LogP contribution in [0, 0.1) is 0 Å². The number of anilines is 2. The fourth-order valence-electron chi connectivity index (χ4n) is 4.06. The number of aromatic nitrogens is 3. The number of hydrogen-bond donors (Lipinski definition) is 2. The van der Waals surface area contributed by atoms with Crippen LogP contribution in [0.2, 0.25) is 0 Å². The molecule has 10 nitrogen and oxygen atoms in total. The number of ether oxygens (including phenoxy) is 1. The van der Waals surface area contributed by atoms with Crippen molar-refractivity contribution in [3.8, 4) is 11.4 Å². The van der Waals surface area contributed by atoms with Gasteiger partial charge in [-0.15, -0.1) is 10.2 Å². The smallest absolute Gasteiger partial charge is 0.196 e. The summed E-state index contributed by atoms with van der Waals surface area (Å²) in [5.41, 5.74) is 8.73. The van der Waals surface area contributed by atoms with Crippen molar-refractivity contribution in [2.75, 3.05) is 31.3 Å². The molecule has 1 aliphatic carbocycles. The highest BCUT2D eigenvalue weighted by Gasteiger charge is 2.31. The molecule has 0 unspecified atom stereocenters. The van der Waals surface area contributed by atoms with E-state index in [1.165, 1.54) is 0 Å². The lowest BCUT2D eigenvalue weighted by molar-refractivity contribution is 0.0979. The zero-order chi connectivity index (χ0) is 25.8. The summed E-state index contributed by atoms with van der Waals surface area (Å²) >= 11 is 0. The summed E-state index contributed by atoms with van der Waals surface area (Å²) in [5, 5.41) is 11.9. The maximum absolute atomic E-state index is 13.3. The molecule has 0 aliphatic heterocycles. The zero-order valence-corrected chi connectivity index (χ0v) is 20.0. The Morgan fingerprint density at radius 2 is 1.62 bits per heavy atom. The molecule has 0 atom stereocenters. The molecule has 0 bridgehead atoms. The van der Waals surface area contributed by atoms with Gasteiger partial charge in [-0.25, -0.2) is 9.97 Å². The van der Waals surface area contributed by atoms with E-state index in [1.54, 1.807) is 74.1 Å². The Balaban J connectivity index is 1.55. The van der Waals surface area contributed by atoms with Crippen LogP contribution in [-0.4, -0.2) is 46.8 Å². The topological polar surface area (TPSA) is 145 Å². The monoisotopic (exact) mass is 493 g/mol. The van der Waals surface area contributed by atoms with Gasteiger partial charge in [-0.1, -0.05) is 36.4 Å². The second kappa shape index (κ2) is 10.4. The lowest BCUT2D eigenvalue weighted by Gasteiger charge is -2.18. The summed E-state index contributed by atoms with van der Waals surface area (Å²) in [7, 11) is 1.63. The molecule has 5 rings (SSSR count). The highest BCUT2D eigenvalue weighted by atomic mass is 16.5. The highest BCUT2D eigenvalue weighted by molar-refractivity contribution is 6.29. The molecule has 2 aromatic heterocycles. The normalized spacial score (nSPS) is 12.5. The van der Waals surface area contributed by atoms with Crippen LogP contribution in [0.4, 0.5) is 23.0 Å². The van der Waals surface area contributed by atoms with Gasteiger partial charge in [0.1, 0.15) is 0 Å². The number of methoxy groups -OCH3 is 1. The van der Waals surface area contributed by atoms with Gasteiger partial charge in [0.2, 0.25) is 0 Å². The first-order valence-corrected chi connectivity index (χ1v) is 11.6. The van der Waals surface area contributed by atoms with Gasteiger partial charge < -0.3 is 15.8 Å². The summed E-state index contributed by atoms with van der Waals surface area (Å²) in [6.07, 6.45) is 4.01. The van der Waals surface area contributed by atoms with E-state index < -0.39 is 0 Å². The van der Waals surface area contributed by atoms with Crippen molar-refractivity contribution < 1.29 is 14.3 Å². The molecule has 1 aliphatic rings. The molecule has 184 valence electrons. The van der Waals surface area contributed by atoms with Crippen LogP contribution >= 0.6 is 0 Å². The molecule has 2 aromatic carbocycles. The van der Waals surface area contributed by atoms with Gasteiger partial charge >= 0.3 is 0 Å². The van der Waals surface area contributed by atoms with Gasteiger partial charge in [0.05, 0.1) is 11.3 Å². The average Bonchev–Trinajstić information content (AvgIpc) is 2.93. The van der Waals surface area contributed by atoms with Crippen molar-refractivity contribution in [3.63, 3.8) is 0 Å². The number of nitrogen functional groups attached to an aromatic ring is 1. The van der Waals surface area contributed by atoms with Crippen LogP contribution in [-0.2, 0) is 4.74 Å². The molecule has 0 radical (unpaired) electrons. The van der Waals surface area contributed by atoms with E-state index in [1.807, 2.05) is 0 Å². The van der Waals surface area contributed by atoms with Gasteiger partial charge in [0.15, 0.2) is 34.7 Å². The van der Waals surface area contributed by atoms with Crippen molar-refractivity contribution in [1.29, 1.82) is 0 Å². The fraction of sp³-hybridized carbons (Fsp3) is 0.148. The Bertz CT molecular complexity index is 1520. The fourth-order valence-corrected chi connectivity index (χ4v) is 4.06. The van der Waals surface area contributed by atoms with Crippen LogP contribution in [0.5, 0.6) is 0 Å². The third-order valence-electron chi connectivity index (χ3n) is 5.86. The third-order valence-corrected chi connectivity index (χ3v) is 5.86. The summed E-state index contributed by atoms with van der Waals surface area (Å²) in [6.45, 7) is 1.11. The Morgan fingerprint density at radius 3 is 2.38 bits per heavy atom. The van der Waals surface area contributed by atoms with Crippen molar-refractivity contribution in [1.82, 2.24) is 15.0 Å². The van der Waals surface area contributed by atoms with E-state index >= 15 is 0 Å². The van der Waals surface area contributed by atoms with E-state index in [0.717, 1.165) is 12.0 Å². The number of nitrogens with one attached hydrogen (secondary N) is 1. The molecular weight excluding hydrogens is 470 g/mol. The first kappa shape index (κ1) is 23.9. The molecule has 0 saturated carbocycles. The third kappa shape index (κ3) is 4.69. The Labute approximate surface area is 212 Å². The summed E-state index contributed by atoms with van der Waals surface area (Å²) in [6, 6.07) is 15.2. The van der Waals surface area contributed by atoms with Crippen LogP contribution < -0.4 is 11.1 Å². The molecule has 0 saturated heterocycles. The molecule has 0 amide bonds. The largest absolute Gasteiger partial charge is 0.385 e. The minimum Gasteiger partial charge on any atom is -0.385 e. The molecule has 10 heteroatoms. The highest BCUT2D eigenvalue weighted by Crippen LogP contribution is 2.36. The van der Waals surface area contributed by atoms with Gasteiger partial charge in [-0.3, -0.25) is 14.6 Å². The Morgan fingerprint density at radius 1 is 0.892 bits per heavy atom. The van der Waals surface area contributed by atoms with Gasteiger partial charge in [0, 0.05) is 54.9 Å². The number of carbonyl (C=O) groups excluding carboxylic acids is 2. The predicted molar refractivity (Wildman–Crippen MR) is 139 cm³/mol. The number of pyridine rings is 1. The first-order chi connectivity index (χ1) is 18.1. The van der Waals surface area contributed by atoms with Crippen molar-refractivity contribution in [3.05, 3.63) is 89.2 Å². The zero-order valence-electron chi connectivity index (χ0n) is 20.0. The second-order valence-electron chi connectivity index (χ2n) is 8.24. The molecule has 0 fully saturated rings. The summed E-state index contributed by atoms with van der Waals surface area (Å²) in [4.78, 5) is 39.4. The molecule has 2 heterocycles. The number of azo groups is 1. The maximum Gasteiger partial charge on any atom is 0.196 e. The van der Waals surface area contributed by atoms with Crippen LogP contribution in [0.25, 0.3) is 11.4 Å². The Kier molecular flexibility index (Phi) is 6.73. The lowest BCUT2D eigenvalue weighted by atomic mass is 9.83. The van der Waals surface area contributed by atoms with Crippen molar-refractivity contribution in [2.24, 2.45) is 10.2 Å². The number of nitrogens with zero attached hydrogens (tertiary/aromatic N) is 5. The van der Waals surface area contributed by atoms with Gasteiger partial charge in [-0.2, -0.15) is 0 Å². The van der Waals surface area contributed by atoms with Crippen LogP contribution in [0.15, 0.2) is 77.2 Å². The number of hydrogen-bond acceptors (Lipinski definition) is 10. The quantitative estimate of drug-likeness (QED) is 0.232. The average molecular weight is 494 g/mol. The second-order valence-corrected chi connectivity index (χ2v) is 8.24. The molecule has 37 heavy (non-hydrogen) atoms. The van der Waals surface area contributed by atoms with Crippen LogP contribution in [0.1, 0.15) is 38.3 Å². The van der Waals surface area contributed by atoms with E-state index in [-0.39, 0.29) is 39.9 Å². The number of rotatable bonds is 8. The number of benzene rings is 2. The van der Waals surface area contributed by atoms with E-state index in [2.05, 4.69) is 30.5 Å². The molecule has 3 N–H and O–H groups in total. The molecule has 4 aromatic rings. The van der Waals surface area contributed by atoms with Gasteiger partial charge in [-0.05, 0) is 24.6 Å². The van der Waals surface area contributed by atoms with E-state index in [4.69, 9.17) is 10.5 Å². The van der Waals surface area contributed by atoms with Crippen molar-refractivity contribution >= 4 is 34.6 Å². The summed E-state index contributed by atoms with van der Waals surface area (Å²) in [5.74, 6) is 0.388. The minimum absolute atomic E-state index is 0.109. The summed E-state index contributed by atoms with van der Waals surface area (Å²) < 4.78 is 5.12. The van der Waals surface area contributed by atoms with Crippen LogP contribution in [0.3, 0.4) is 0 Å². The number of nitrogens with two attached hydrogens (primary N) is 1. The number of fused-ring (bicyclic) bond motifs is 2.